The minimum Gasteiger partial charge on any atom is -0.463 e. The normalized spacial score (nSPS) is 18.2. The summed E-state index contributed by atoms with van der Waals surface area (Å²) in [6.07, 6.45) is 3.45. The largest absolute Gasteiger partial charge is 0.463 e. The number of fused-ring (bicyclic) bond motifs is 1. The second-order valence-corrected chi connectivity index (χ2v) is 6.88. The van der Waals surface area contributed by atoms with Crippen molar-refractivity contribution in [3.63, 3.8) is 0 Å². The molecule has 0 aliphatic carbocycles. The number of piperidine rings is 1. The van der Waals surface area contributed by atoms with Gasteiger partial charge in [0.1, 0.15) is 11.8 Å². The zero-order valence-electron chi connectivity index (χ0n) is 14.4. The fourth-order valence-corrected chi connectivity index (χ4v) is 3.33. The Hall–Kier alpha value is -2.63. The molecule has 130 valence electrons. The number of para-hydroxylation sites is 1. The summed E-state index contributed by atoms with van der Waals surface area (Å²) in [5.74, 6) is 1.69. The van der Waals surface area contributed by atoms with E-state index in [0.717, 1.165) is 30.4 Å². The Morgan fingerprint density at radius 1 is 1.32 bits per heavy atom. The van der Waals surface area contributed by atoms with Gasteiger partial charge in [0.15, 0.2) is 5.82 Å². The number of nitrogens with zero attached hydrogens (tertiary/aromatic N) is 3. The van der Waals surface area contributed by atoms with E-state index in [9.17, 15) is 4.79 Å². The molecule has 0 N–H and O–H groups in total. The third-order valence-corrected chi connectivity index (χ3v) is 4.74. The Labute approximate surface area is 145 Å². The molecule has 0 saturated carbocycles. The average Bonchev–Trinajstić information content (AvgIpc) is 3.28. The topological polar surface area (TPSA) is 72.4 Å². The van der Waals surface area contributed by atoms with Crippen molar-refractivity contribution in [3.05, 3.63) is 47.8 Å². The van der Waals surface area contributed by atoms with E-state index < -0.39 is 0 Å². The maximum absolute atomic E-state index is 13.0. The zero-order valence-corrected chi connectivity index (χ0v) is 14.4. The van der Waals surface area contributed by atoms with Crippen molar-refractivity contribution in [1.29, 1.82) is 0 Å². The van der Waals surface area contributed by atoms with E-state index in [1.54, 1.807) is 6.26 Å². The monoisotopic (exact) mass is 339 g/mol. The lowest BCUT2D eigenvalue weighted by atomic mass is 9.96. The van der Waals surface area contributed by atoms with E-state index >= 15 is 0 Å². The predicted octanol–water partition coefficient (Wildman–Crippen LogP) is 3.96. The Morgan fingerprint density at radius 3 is 2.96 bits per heavy atom. The first kappa shape index (κ1) is 15.9. The van der Waals surface area contributed by atoms with Crippen molar-refractivity contribution in [2.45, 2.75) is 38.5 Å². The molecule has 1 aromatic carbocycles. The number of furan rings is 1. The second-order valence-electron chi connectivity index (χ2n) is 6.88. The molecule has 3 aromatic rings. The first-order chi connectivity index (χ1) is 12.1. The van der Waals surface area contributed by atoms with Gasteiger partial charge in [-0.3, -0.25) is 4.79 Å². The van der Waals surface area contributed by atoms with Crippen LogP contribution in [-0.4, -0.2) is 34.0 Å². The molecule has 0 unspecified atom stereocenters. The van der Waals surface area contributed by atoms with Gasteiger partial charge in [-0.15, -0.1) is 0 Å². The minimum atomic E-state index is 0.00206. The lowest BCUT2D eigenvalue weighted by Crippen LogP contribution is -2.39. The maximum atomic E-state index is 13.0. The molecule has 2 aromatic heterocycles. The van der Waals surface area contributed by atoms with E-state index in [4.69, 9.17) is 8.94 Å². The predicted molar refractivity (Wildman–Crippen MR) is 92.5 cm³/mol. The molecule has 1 atom stereocenters. The molecule has 1 saturated heterocycles. The van der Waals surface area contributed by atoms with E-state index in [0.29, 0.717) is 23.8 Å². The Bertz CT molecular complexity index is 896. The summed E-state index contributed by atoms with van der Waals surface area (Å²) in [6, 6.07) is 7.61. The number of hydrogen-bond donors (Lipinski definition) is 0. The highest BCUT2D eigenvalue weighted by molar-refractivity contribution is 6.05. The Morgan fingerprint density at radius 2 is 2.16 bits per heavy atom. The van der Waals surface area contributed by atoms with E-state index in [-0.39, 0.29) is 17.7 Å². The molecule has 1 aliphatic heterocycles. The van der Waals surface area contributed by atoms with E-state index in [1.807, 2.05) is 43.0 Å². The van der Waals surface area contributed by atoms with Gasteiger partial charge < -0.3 is 13.8 Å². The molecule has 25 heavy (non-hydrogen) atoms. The third kappa shape index (κ3) is 2.92. The molecule has 6 nitrogen and oxygen atoms in total. The number of benzene rings is 1. The Balaban J connectivity index is 1.55. The highest BCUT2D eigenvalue weighted by Gasteiger charge is 2.30. The SMILES string of the molecule is CC(C)c1nc([C@@H]2CCCN(C(=O)c3coc4ccccc34)C2)no1. The Kier molecular flexibility index (Phi) is 4.03. The van der Waals surface area contributed by atoms with Crippen LogP contribution in [0.3, 0.4) is 0 Å². The quantitative estimate of drug-likeness (QED) is 0.722. The van der Waals surface area contributed by atoms with Crippen LogP contribution in [0.1, 0.15) is 60.6 Å². The first-order valence-corrected chi connectivity index (χ1v) is 8.72. The number of carbonyl (C=O) groups excluding carboxylic acids is 1. The fourth-order valence-electron chi connectivity index (χ4n) is 3.33. The highest BCUT2D eigenvalue weighted by atomic mass is 16.5. The van der Waals surface area contributed by atoms with Gasteiger partial charge >= 0.3 is 0 Å². The van der Waals surface area contributed by atoms with Crippen LogP contribution in [0, 0.1) is 0 Å². The molecular formula is C19H21N3O3. The molecule has 4 rings (SSSR count). The maximum Gasteiger partial charge on any atom is 0.257 e. The minimum absolute atomic E-state index is 0.00206. The van der Waals surface area contributed by atoms with E-state index in [1.165, 1.54) is 0 Å². The summed E-state index contributed by atoms with van der Waals surface area (Å²) in [4.78, 5) is 19.3. The lowest BCUT2D eigenvalue weighted by Gasteiger charge is -2.31. The summed E-state index contributed by atoms with van der Waals surface area (Å²) in [5.41, 5.74) is 1.35. The molecule has 6 heteroatoms. The van der Waals surface area contributed by atoms with Gasteiger partial charge in [0.2, 0.25) is 5.89 Å². The van der Waals surface area contributed by atoms with Gasteiger partial charge in [0, 0.05) is 30.3 Å². The van der Waals surface area contributed by atoms with Gasteiger partial charge in [0.05, 0.1) is 5.56 Å². The fraction of sp³-hybridized carbons (Fsp3) is 0.421. The van der Waals surface area contributed by atoms with Crippen LogP contribution in [0.4, 0.5) is 0 Å². The van der Waals surface area contributed by atoms with Crippen molar-refractivity contribution in [2.75, 3.05) is 13.1 Å². The second kappa shape index (κ2) is 6.35. The van der Waals surface area contributed by atoms with E-state index in [2.05, 4.69) is 10.1 Å². The van der Waals surface area contributed by atoms with Crippen LogP contribution in [0.25, 0.3) is 11.0 Å². The highest BCUT2D eigenvalue weighted by Crippen LogP contribution is 2.29. The molecule has 0 bridgehead atoms. The summed E-state index contributed by atoms with van der Waals surface area (Å²) in [7, 11) is 0. The summed E-state index contributed by atoms with van der Waals surface area (Å²) >= 11 is 0. The van der Waals surface area contributed by atoms with Gasteiger partial charge in [-0.25, -0.2) is 0 Å². The number of rotatable bonds is 3. The van der Waals surface area contributed by atoms with Gasteiger partial charge in [-0.2, -0.15) is 4.98 Å². The summed E-state index contributed by atoms with van der Waals surface area (Å²) < 4.78 is 10.8. The lowest BCUT2D eigenvalue weighted by molar-refractivity contribution is 0.0704. The number of carbonyl (C=O) groups is 1. The third-order valence-electron chi connectivity index (χ3n) is 4.74. The first-order valence-electron chi connectivity index (χ1n) is 8.72. The van der Waals surface area contributed by atoms with Crippen molar-refractivity contribution in [1.82, 2.24) is 15.0 Å². The van der Waals surface area contributed by atoms with Gasteiger partial charge in [-0.05, 0) is 18.9 Å². The van der Waals surface area contributed by atoms with Crippen LogP contribution in [0.5, 0.6) is 0 Å². The molecule has 0 radical (unpaired) electrons. The smallest absolute Gasteiger partial charge is 0.257 e. The van der Waals surface area contributed by atoms with Crippen LogP contribution < -0.4 is 0 Å². The van der Waals surface area contributed by atoms with Crippen molar-refractivity contribution >= 4 is 16.9 Å². The van der Waals surface area contributed by atoms with Gasteiger partial charge in [-0.1, -0.05) is 37.2 Å². The number of hydrogen-bond acceptors (Lipinski definition) is 5. The zero-order chi connectivity index (χ0) is 17.4. The van der Waals surface area contributed by atoms with Crippen LogP contribution in [0.2, 0.25) is 0 Å². The number of amides is 1. The van der Waals surface area contributed by atoms with Crippen molar-refractivity contribution in [2.24, 2.45) is 0 Å². The molecule has 0 spiro atoms. The van der Waals surface area contributed by atoms with Crippen molar-refractivity contribution < 1.29 is 13.7 Å². The number of aromatic nitrogens is 2. The summed E-state index contributed by atoms with van der Waals surface area (Å²) in [5, 5.41) is 4.98. The molecule has 1 amide bonds. The van der Waals surface area contributed by atoms with Crippen molar-refractivity contribution in [3.8, 4) is 0 Å². The van der Waals surface area contributed by atoms with Crippen LogP contribution in [-0.2, 0) is 0 Å². The standard InChI is InChI=1S/C19H21N3O3/c1-12(2)18-20-17(21-25-18)13-6-5-9-22(10-13)19(23)15-11-24-16-8-4-3-7-14(15)16/h3-4,7-8,11-13H,5-6,9-10H2,1-2H3/t13-/m1/s1. The molecular weight excluding hydrogens is 318 g/mol. The average molecular weight is 339 g/mol. The number of likely N-dealkylation sites (tertiary alicyclic amines) is 1. The summed E-state index contributed by atoms with van der Waals surface area (Å²) in [6.45, 7) is 5.40. The molecule has 1 fully saturated rings. The van der Waals surface area contributed by atoms with Crippen LogP contribution in [0.15, 0.2) is 39.5 Å². The molecule has 3 heterocycles. The van der Waals surface area contributed by atoms with Gasteiger partial charge in [0.25, 0.3) is 5.91 Å². The van der Waals surface area contributed by atoms with Crippen LogP contribution >= 0.6 is 0 Å². The molecule has 1 aliphatic rings.